The number of fused-ring (bicyclic) bond motifs is 2. The van der Waals surface area contributed by atoms with Gasteiger partial charge in [-0.2, -0.15) is 0 Å². The molecule has 1 saturated heterocycles. The highest BCUT2D eigenvalue weighted by molar-refractivity contribution is 5.75. The number of benzene rings is 1. The Morgan fingerprint density at radius 1 is 1.30 bits per heavy atom. The van der Waals surface area contributed by atoms with Crippen LogP contribution in [0.2, 0.25) is 0 Å². The second-order valence-electron chi connectivity index (χ2n) is 7.56. The van der Waals surface area contributed by atoms with Crippen LogP contribution in [0, 0.1) is 0 Å². The lowest BCUT2D eigenvalue weighted by Gasteiger charge is -2.45. The zero-order valence-corrected chi connectivity index (χ0v) is 14.2. The van der Waals surface area contributed by atoms with Crippen LogP contribution in [0.25, 0.3) is 5.57 Å². The van der Waals surface area contributed by atoms with Crippen molar-refractivity contribution >= 4 is 17.4 Å². The summed E-state index contributed by atoms with van der Waals surface area (Å²) in [5.41, 5.74) is 8.71. The van der Waals surface area contributed by atoms with Crippen LogP contribution >= 0.6 is 0 Å². The maximum Gasteiger partial charge on any atom is 0.411 e. The Morgan fingerprint density at radius 2 is 2.09 bits per heavy atom. The average Bonchev–Trinajstić information content (AvgIpc) is 2.44. The maximum atomic E-state index is 12.6. The highest BCUT2D eigenvalue weighted by atomic mass is 16.6. The van der Waals surface area contributed by atoms with Crippen molar-refractivity contribution in [2.45, 2.75) is 64.1 Å². The monoisotopic (exact) mass is 314 g/mol. The van der Waals surface area contributed by atoms with Gasteiger partial charge in [0.25, 0.3) is 0 Å². The first kappa shape index (κ1) is 15.9. The van der Waals surface area contributed by atoms with E-state index in [1.165, 1.54) is 11.1 Å². The van der Waals surface area contributed by atoms with E-state index in [9.17, 15) is 4.79 Å². The van der Waals surface area contributed by atoms with Crippen LogP contribution in [0.4, 0.5) is 10.5 Å². The molecule has 2 N–H and O–H groups in total. The first-order valence-electron chi connectivity index (χ1n) is 8.41. The van der Waals surface area contributed by atoms with Crippen LogP contribution in [0.15, 0.2) is 30.3 Å². The van der Waals surface area contributed by atoms with Crippen molar-refractivity contribution in [3.05, 3.63) is 35.9 Å². The lowest BCUT2D eigenvalue weighted by atomic mass is 9.83. The second-order valence-corrected chi connectivity index (χ2v) is 7.56. The van der Waals surface area contributed by atoms with Crippen LogP contribution in [-0.4, -0.2) is 28.7 Å². The number of rotatable bonds is 1. The lowest BCUT2D eigenvalue weighted by Crippen LogP contribution is -2.53. The van der Waals surface area contributed by atoms with Crippen LogP contribution < -0.4 is 5.73 Å². The van der Waals surface area contributed by atoms with Gasteiger partial charge in [-0.3, -0.25) is 4.90 Å². The molecule has 124 valence electrons. The minimum Gasteiger partial charge on any atom is -0.444 e. The van der Waals surface area contributed by atoms with Crippen molar-refractivity contribution in [2.75, 3.05) is 5.73 Å². The summed E-state index contributed by atoms with van der Waals surface area (Å²) < 4.78 is 5.61. The molecule has 2 atom stereocenters. The van der Waals surface area contributed by atoms with Gasteiger partial charge in [-0.05, 0) is 69.7 Å². The number of nitrogens with two attached hydrogens (primary N) is 1. The number of ether oxygens (including phenoxy) is 1. The highest BCUT2D eigenvalue weighted by Crippen LogP contribution is 2.38. The topological polar surface area (TPSA) is 55.6 Å². The van der Waals surface area contributed by atoms with Crippen molar-refractivity contribution in [1.82, 2.24) is 4.90 Å². The Bertz CT molecular complexity index is 631. The Kier molecular flexibility index (Phi) is 4.09. The van der Waals surface area contributed by atoms with E-state index in [4.69, 9.17) is 10.5 Å². The van der Waals surface area contributed by atoms with E-state index in [0.717, 1.165) is 31.4 Å². The fourth-order valence-corrected chi connectivity index (χ4v) is 3.58. The van der Waals surface area contributed by atoms with Gasteiger partial charge in [-0.1, -0.05) is 18.2 Å². The van der Waals surface area contributed by atoms with E-state index in [1.807, 2.05) is 43.9 Å². The smallest absolute Gasteiger partial charge is 0.411 e. The van der Waals surface area contributed by atoms with Crippen molar-refractivity contribution in [2.24, 2.45) is 0 Å². The van der Waals surface area contributed by atoms with E-state index in [0.29, 0.717) is 0 Å². The summed E-state index contributed by atoms with van der Waals surface area (Å²) >= 11 is 0. The predicted octanol–water partition coefficient (Wildman–Crippen LogP) is 4.21. The van der Waals surface area contributed by atoms with Crippen molar-refractivity contribution < 1.29 is 9.53 Å². The molecule has 2 unspecified atom stereocenters. The Balaban J connectivity index is 1.86. The molecular weight excluding hydrogens is 288 g/mol. The molecular formula is C19H26N2O2. The molecule has 4 nitrogen and oxygen atoms in total. The summed E-state index contributed by atoms with van der Waals surface area (Å²) in [4.78, 5) is 14.5. The van der Waals surface area contributed by atoms with Gasteiger partial charge < -0.3 is 10.5 Å². The molecule has 0 aromatic heterocycles. The molecule has 2 aliphatic rings. The molecule has 1 aromatic rings. The van der Waals surface area contributed by atoms with E-state index < -0.39 is 5.60 Å². The fourth-order valence-electron chi connectivity index (χ4n) is 3.58. The van der Waals surface area contributed by atoms with Gasteiger partial charge in [0.1, 0.15) is 5.60 Å². The third-order valence-electron chi connectivity index (χ3n) is 4.50. The van der Waals surface area contributed by atoms with Crippen molar-refractivity contribution in [3.63, 3.8) is 0 Å². The number of hydrogen-bond donors (Lipinski definition) is 1. The first-order chi connectivity index (χ1) is 10.8. The van der Waals surface area contributed by atoms with Crippen LogP contribution in [0.3, 0.4) is 0 Å². The first-order valence-corrected chi connectivity index (χ1v) is 8.41. The molecule has 1 fully saturated rings. The minimum absolute atomic E-state index is 0.133. The predicted molar refractivity (Wildman–Crippen MR) is 92.9 cm³/mol. The summed E-state index contributed by atoms with van der Waals surface area (Å²) in [6.45, 7) is 5.75. The fraction of sp³-hybridized carbons (Fsp3) is 0.526. The van der Waals surface area contributed by atoms with Gasteiger partial charge in [0, 0.05) is 11.7 Å². The number of anilines is 1. The Morgan fingerprint density at radius 3 is 2.74 bits per heavy atom. The second kappa shape index (κ2) is 5.91. The zero-order chi connectivity index (χ0) is 16.6. The molecule has 0 saturated carbocycles. The van der Waals surface area contributed by atoms with E-state index in [2.05, 4.69) is 12.1 Å². The molecule has 2 heterocycles. The molecule has 23 heavy (non-hydrogen) atoms. The molecule has 2 bridgehead atoms. The van der Waals surface area contributed by atoms with E-state index in [1.54, 1.807) is 0 Å². The number of carbonyl (C=O) groups is 1. The number of piperidine rings is 1. The third kappa shape index (κ3) is 3.52. The molecule has 2 aliphatic heterocycles. The van der Waals surface area contributed by atoms with Crippen LogP contribution in [-0.2, 0) is 4.74 Å². The molecule has 1 aromatic carbocycles. The van der Waals surface area contributed by atoms with Gasteiger partial charge in [0.15, 0.2) is 0 Å². The summed E-state index contributed by atoms with van der Waals surface area (Å²) in [6.07, 6.45) is 6.12. The van der Waals surface area contributed by atoms with E-state index >= 15 is 0 Å². The average molecular weight is 314 g/mol. The molecule has 0 spiro atoms. The van der Waals surface area contributed by atoms with Gasteiger partial charge in [-0.25, -0.2) is 4.79 Å². The minimum atomic E-state index is -0.455. The molecule has 0 aliphatic carbocycles. The number of carbonyl (C=O) groups excluding carboxylic acids is 1. The summed E-state index contributed by atoms with van der Waals surface area (Å²) in [7, 11) is 0. The zero-order valence-electron chi connectivity index (χ0n) is 14.2. The normalized spacial score (nSPS) is 24.1. The van der Waals surface area contributed by atoms with Gasteiger partial charge >= 0.3 is 6.09 Å². The third-order valence-corrected chi connectivity index (χ3v) is 4.50. The molecule has 3 rings (SSSR count). The van der Waals surface area contributed by atoms with Gasteiger partial charge in [-0.15, -0.1) is 0 Å². The quantitative estimate of drug-likeness (QED) is 0.790. The van der Waals surface area contributed by atoms with Crippen molar-refractivity contribution in [3.8, 4) is 0 Å². The number of amides is 1. The van der Waals surface area contributed by atoms with E-state index in [-0.39, 0.29) is 18.2 Å². The number of hydrogen-bond acceptors (Lipinski definition) is 3. The lowest BCUT2D eigenvalue weighted by molar-refractivity contribution is 0.0000859. The van der Waals surface area contributed by atoms with Crippen LogP contribution in [0.5, 0.6) is 0 Å². The standard InChI is InChI=1S/C19H26N2O2/c1-19(2,3)23-18(22)21-16-8-5-9-17(21)12-14(11-16)13-6-4-7-15(20)10-13/h4,6-7,10-11,16-17H,5,8-9,12,20H2,1-3H3. The van der Waals surface area contributed by atoms with Gasteiger partial charge in [0.05, 0.1) is 6.04 Å². The summed E-state index contributed by atoms with van der Waals surface area (Å²) in [5.74, 6) is 0. The number of nitrogen functional groups attached to an aromatic ring is 1. The Labute approximate surface area is 138 Å². The molecule has 0 radical (unpaired) electrons. The summed E-state index contributed by atoms with van der Waals surface area (Å²) in [5, 5.41) is 0. The van der Waals surface area contributed by atoms with Crippen LogP contribution in [0.1, 0.15) is 52.0 Å². The molecule has 1 amide bonds. The van der Waals surface area contributed by atoms with Crippen molar-refractivity contribution in [1.29, 1.82) is 0 Å². The van der Waals surface area contributed by atoms with Gasteiger partial charge in [0.2, 0.25) is 0 Å². The molecule has 4 heteroatoms. The summed E-state index contributed by atoms with van der Waals surface area (Å²) in [6, 6.07) is 8.37. The maximum absolute atomic E-state index is 12.6. The highest BCUT2D eigenvalue weighted by Gasteiger charge is 2.39. The number of nitrogens with zero attached hydrogens (tertiary/aromatic N) is 1. The Hall–Kier alpha value is -1.97. The SMILES string of the molecule is CC(C)(C)OC(=O)N1C2C=C(c3cccc(N)c3)CC1CCC2. The largest absolute Gasteiger partial charge is 0.444 e.